The Morgan fingerprint density at radius 1 is 0.750 bits per heavy atom. The molecule has 3 rings (SSSR count). The van der Waals surface area contributed by atoms with Crippen molar-refractivity contribution >= 4 is 55.5 Å². The molecule has 1 atom stereocenters. The maximum atomic E-state index is 4.61. The van der Waals surface area contributed by atoms with Crippen molar-refractivity contribution in [3.63, 3.8) is 0 Å². The van der Waals surface area contributed by atoms with Crippen LogP contribution >= 0.6 is 17.3 Å². The van der Waals surface area contributed by atoms with E-state index in [4.69, 9.17) is 0 Å². The van der Waals surface area contributed by atoms with Crippen LogP contribution in [0, 0.1) is 0 Å². The van der Waals surface area contributed by atoms with Gasteiger partial charge in [-0.1, -0.05) is 91.0 Å². The van der Waals surface area contributed by atoms with Crippen LogP contribution in [0.4, 0.5) is 0 Å². The average Bonchev–Trinajstić information content (AvgIpc) is 2.72. The molecule has 5 heteroatoms. The van der Waals surface area contributed by atoms with Crippen LogP contribution in [0.3, 0.4) is 0 Å². The molecule has 1 radical (unpaired) electrons. The normalized spacial score (nSPS) is 11.2. The van der Waals surface area contributed by atoms with Crippen molar-refractivity contribution in [1.82, 2.24) is 4.90 Å². The second kappa shape index (κ2) is 15.6. The van der Waals surface area contributed by atoms with Crippen molar-refractivity contribution in [3.8, 4) is 0 Å². The Labute approximate surface area is 200 Å². The Bertz CT molecular complexity index is 642. The van der Waals surface area contributed by atoms with Crippen LogP contribution in [0.2, 0.25) is 3.97 Å². The molecule has 152 valence electrons. The van der Waals surface area contributed by atoms with Gasteiger partial charge in [0, 0.05) is 0 Å². The summed E-state index contributed by atoms with van der Waals surface area (Å²) in [6, 6.07) is 32.3. The zero-order valence-corrected chi connectivity index (χ0v) is 22.7. The van der Waals surface area contributed by atoms with Gasteiger partial charge in [0.05, 0.1) is 0 Å². The molecule has 28 heavy (non-hydrogen) atoms. The topological polar surface area (TPSA) is 3.24 Å². The Kier molecular flexibility index (Phi) is 14.4. The maximum absolute atomic E-state index is 4.61. The van der Waals surface area contributed by atoms with Crippen molar-refractivity contribution in [2.45, 2.75) is 10.9 Å². The van der Waals surface area contributed by atoms with E-state index >= 15 is 0 Å². The molecule has 0 N–H and O–H groups in total. The predicted molar refractivity (Wildman–Crippen MR) is 125 cm³/mol. The van der Waals surface area contributed by atoms with Crippen LogP contribution < -0.4 is 15.9 Å². The smallest absolute Gasteiger partial charge is 0.0134 e. The van der Waals surface area contributed by atoms with E-state index in [1.54, 1.807) is 18.8 Å². The first kappa shape index (κ1) is 25.9. The minimum atomic E-state index is -0.446. The molecule has 1 nitrogen and oxygen atoms in total. The molecule has 0 saturated carbocycles. The molecule has 0 spiro atoms. The second-order valence-electron chi connectivity index (χ2n) is 6.41. The van der Waals surface area contributed by atoms with Gasteiger partial charge < -0.3 is 0 Å². The molecule has 0 saturated heterocycles. The van der Waals surface area contributed by atoms with Crippen molar-refractivity contribution in [1.29, 1.82) is 0 Å². The maximum Gasteiger partial charge on any atom is -0.0134 e. The number of rotatable bonds is 5. The molecule has 3 aromatic rings. The van der Waals surface area contributed by atoms with E-state index in [9.17, 15) is 0 Å². The molecule has 0 heterocycles. The third-order valence-electron chi connectivity index (χ3n) is 3.67. The first-order chi connectivity index (χ1) is 13.6. The third-order valence-corrected chi connectivity index (χ3v) is 6.53. The summed E-state index contributed by atoms with van der Waals surface area (Å²) >= 11 is 3.77. The van der Waals surface area contributed by atoms with Crippen molar-refractivity contribution in [2.75, 3.05) is 20.6 Å². The number of halogens is 1. The van der Waals surface area contributed by atoms with Crippen LogP contribution in [0.5, 0.6) is 0 Å². The zero-order valence-electron chi connectivity index (χ0n) is 16.4. The summed E-state index contributed by atoms with van der Waals surface area (Å²) in [6.07, 6.45) is 0. The Balaban J connectivity index is 0.000000372. The van der Waals surface area contributed by atoms with Gasteiger partial charge >= 0.3 is 86.9 Å². The summed E-state index contributed by atoms with van der Waals surface area (Å²) in [5, 5.41) is 4.19. The standard InChI is InChI=1S/C18H15P.C5H12NTe.ClH.Pt/c1-4-10-16(11-5-1)19(17-12-6-2-7-13-17)18-14-8-3-9-15-18;1-5(7)4-6(2)3;;/h1-15H;5H,4H2,1-3H3;1H;/q;;;+1/p-1. The van der Waals surface area contributed by atoms with E-state index in [2.05, 4.69) is 149 Å². The molecular weight excluding hydrogens is 679 g/mol. The summed E-state index contributed by atoms with van der Waals surface area (Å²) in [6.45, 7) is 3.43. The Morgan fingerprint density at radius 2 is 1.04 bits per heavy atom. The minimum absolute atomic E-state index is 0.446. The first-order valence-electron chi connectivity index (χ1n) is 8.95. The monoisotopic (exact) mass is 708 g/mol. The quantitative estimate of drug-likeness (QED) is 0.276. The van der Waals surface area contributed by atoms with Gasteiger partial charge in [0.25, 0.3) is 0 Å². The van der Waals surface area contributed by atoms with Crippen LogP contribution in [0.25, 0.3) is 0 Å². The van der Waals surface area contributed by atoms with E-state index in [0.29, 0.717) is 0 Å². The van der Waals surface area contributed by atoms with E-state index in [1.165, 1.54) is 22.5 Å². The van der Waals surface area contributed by atoms with Gasteiger partial charge in [-0.2, -0.15) is 0 Å². The van der Waals surface area contributed by atoms with Crippen molar-refractivity contribution in [2.24, 2.45) is 0 Å². The molecule has 0 amide bonds. The van der Waals surface area contributed by atoms with Crippen LogP contribution in [-0.4, -0.2) is 47.8 Å². The molecule has 0 fully saturated rings. The summed E-state index contributed by atoms with van der Waals surface area (Å²) in [5.74, 6) is 0. The summed E-state index contributed by atoms with van der Waals surface area (Å²) in [4.78, 5) is 2.20. The van der Waals surface area contributed by atoms with E-state index in [1.807, 2.05) is 0 Å². The summed E-state index contributed by atoms with van der Waals surface area (Å²) in [7, 11) is 8.36. The minimum Gasteiger partial charge on any atom is -0.0622 e. The number of nitrogens with zero attached hydrogens (tertiary/aromatic N) is 1. The fourth-order valence-corrected chi connectivity index (χ4v) is 5.85. The van der Waals surface area contributed by atoms with Crippen LogP contribution in [0.15, 0.2) is 91.0 Å². The Morgan fingerprint density at radius 3 is 1.21 bits per heavy atom. The van der Waals surface area contributed by atoms with Gasteiger partial charge in [0.2, 0.25) is 0 Å². The second-order valence-corrected chi connectivity index (χ2v) is 10.9. The van der Waals surface area contributed by atoms with Gasteiger partial charge in [-0.25, -0.2) is 0 Å². The average molecular weight is 707 g/mol. The third kappa shape index (κ3) is 10.0. The fourth-order valence-electron chi connectivity index (χ4n) is 2.69. The molecule has 1 unspecified atom stereocenters. The molecule has 0 aliphatic heterocycles. The predicted octanol–water partition coefficient (Wildman–Crippen LogP) is 4.66. The molecule has 0 aromatic heterocycles. The van der Waals surface area contributed by atoms with E-state index in [0.717, 1.165) is 3.97 Å². The molecule has 0 aliphatic carbocycles. The van der Waals surface area contributed by atoms with Crippen LogP contribution in [-0.2, 0) is 18.8 Å². The van der Waals surface area contributed by atoms with Crippen LogP contribution in [0.1, 0.15) is 6.92 Å². The molecule has 0 aliphatic rings. The zero-order chi connectivity index (χ0) is 20.8. The van der Waals surface area contributed by atoms with Gasteiger partial charge in [0.1, 0.15) is 0 Å². The largest absolute Gasteiger partial charge is 0.0622 e. The van der Waals surface area contributed by atoms with Gasteiger partial charge in [0.15, 0.2) is 0 Å². The number of hydrogen-bond acceptors (Lipinski definition) is 1. The SMILES string of the molecule is CC([Te])CN(C)C.[Cl][Pt].c1ccc(P(c2ccccc2)c2ccccc2)cc1. The fraction of sp³-hybridized carbons (Fsp3) is 0.217. The Hall–Kier alpha value is -0.182. The van der Waals surface area contributed by atoms with Crippen molar-refractivity contribution in [3.05, 3.63) is 91.0 Å². The van der Waals surface area contributed by atoms with Gasteiger partial charge in [-0.3, -0.25) is 0 Å². The van der Waals surface area contributed by atoms with E-state index in [-0.39, 0.29) is 0 Å². The molecule has 3 aromatic carbocycles. The number of benzene rings is 3. The molecular formula is C23H27ClNPPtTe. The van der Waals surface area contributed by atoms with Gasteiger partial charge in [-0.15, -0.1) is 0 Å². The molecule has 0 bridgehead atoms. The van der Waals surface area contributed by atoms with E-state index < -0.39 is 7.92 Å². The summed E-state index contributed by atoms with van der Waals surface area (Å²) in [5.41, 5.74) is 0. The number of hydrogen-bond donors (Lipinski definition) is 0. The van der Waals surface area contributed by atoms with Gasteiger partial charge in [-0.05, 0) is 23.8 Å². The van der Waals surface area contributed by atoms with Crippen molar-refractivity contribution < 1.29 is 18.8 Å². The first-order valence-corrected chi connectivity index (χ1v) is 14.5. The summed E-state index contributed by atoms with van der Waals surface area (Å²) < 4.78 is 0.811.